The molecular formula is C25H19ClN2O6S. The van der Waals surface area contributed by atoms with Gasteiger partial charge in [0.25, 0.3) is 16.8 Å². The van der Waals surface area contributed by atoms with E-state index in [0.717, 1.165) is 22.2 Å². The van der Waals surface area contributed by atoms with Gasteiger partial charge in [-0.1, -0.05) is 41.9 Å². The maximum atomic E-state index is 12.8. The monoisotopic (exact) mass is 510 g/mol. The molecule has 0 saturated carbocycles. The van der Waals surface area contributed by atoms with Crippen molar-refractivity contribution in [2.45, 2.75) is 13.2 Å². The number of imide groups is 1. The van der Waals surface area contributed by atoms with Crippen LogP contribution in [-0.4, -0.2) is 28.1 Å². The summed E-state index contributed by atoms with van der Waals surface area (Å²) < 4.78 is 11.3. The van der Waals surface area contributed by atoms with Crippen molar-refractivity contribution in [1.82, 2.24) is 4.90 Å². The Morgan fingerprint density at radius 3 is 2.34 bits per heavy atom. The van der Waals surface area contributed by atoms with Crippen LogP contribution < -0.4 is 9.47 Å². The number of hydrogen-bond acceptors (Lipinski definition) is 7. The number of methoxy groups -OCH3 is 1. The fourth-order valence-corrected chi connectivity index (χ4v) is 4.29. The van der Waals surface area contributed by atoms with Crippen molar-refractivity contribution in [3.8, 4) is 11.5 Å². The minimum atomic E-state index is -0.505. The molecule has 0 aliphatic carbocycles. The Morgan fingerprint density at radius 2 is 1.69 bits per heavy atom. The standard InChI is InChI=1S/C25H19ClN2O6S/c1-33-22-12-18(6-11-21(22)34-15-17-2-7-19(26)8-3-17)13-23-24(29)27(25(30)35-23)14-16-4-9-20(10-5-16)28(31)32/h2-13H,14-15H2,1H3/b23-13-. The molecule has 3 aromatic carbocycles. The normalized spacial score (nSPS) is 14.5. The Morgan fingerprint density at radius 1 is 1.00 bits per heavy atom. The number of carbonyl (C=O) groups excluding carboxylic acids is 2. The minimum absolute atomic E-state index is 0.0286. The van der Waals surface area contributed by atoms with Crippen LogP contribution in [0.5, 0.6) is 11.5 Å². The van der Waals surface area contributed by atoms with E-state index in [9.17, 15) is 19.7 Å². The zero-order chi connectivity index (χ0) is 24.9. The van der Waals surface area contributed by atoms with Gasteiger partial charge in [0.15, 0.2) is 11.5 Å². The van der Waals surface area contributed by atoms with Crippen molar-refractivity contribution < 1.29 is 24.0 Å². The van der Waals surface area contributed by atoms with Gasteiger partial charge in [-0.25, -0.2) is 0 Å². The summed E-state index contributed by atoms with van der Waals surface area (Å²) in [6.45, 7) is 0.356. The van der Waals surface area contributed by atoms with Crippen LogP contribution in [0.25, 0.3) is 6.08 Å². The second-order valence-corrected chi connectivity index (χ2v) is 8.95. The van der Waals surface area contributed by atoms with Gasteiger partial charge in [-0.05, 0) is 58.8 Å². The molecule has 1 saturated heterocycles. The molecular weight excluding hydrogens is 492 g/mol. The zero-order valence-corrected chi connectivity index (χ0v) is 20.0. The van der Waals surface area contributed by atoms with E-state index < -0.39 is 16.1 Å². The molecule has 0 radical (unpaired) electrons. The number of hydrogen-bond donors (Lipinski definition) is 0. The maximum absolute atomic E-state index is 12.8. The van der Waals surface area contributed by atoms with E-state index in [0.29, 0.717) is 34.3 Å². The lowest BCUT2D eigenvalue weighted by Crippen LogP contribution is -2.27. The van der Waals surface area contributed by atoms with Crippen LogP contribution in [0, 0.1) is 10.1 Å². The van der Waals surface area contributed by atoms with Gasteiger partial charge < -0.3 is 9.47 Å². The summed E-state index contributed by atoms with van der Waals surface area (Å²) in [5.74, 6) is 0.587. The van der Waals surface area contributed by atoms with Crippen LogP contribution in [0.3, 0.4) is 0 Å². The molecule has 0 spiro atoms. The first-order valence-corrected chi connectivity index (χ1v) is 11.6. The van der Waals surface area contributed by atoms with Crippen molar-refractivity contribution in [2.24, 2.45) is 0 Å². The quantitative estimate of drug-likeness (QED) is 0.206. The van der Waals surface area contributed by atoms with Gasteiger partial charge in [0, 0.05) is 17.2 Å². The van der Waals surface area contributed by atoms with Crippen LogP contribution in [0.15, 0.2) is 71.6 Å². The predicted molar refractivity (Wildman–Crippen MR) is 133 cm³/mol. The largest absolute Gasteiger partial charge is 0.493 e. The highest BCUT2D eigenvalue weighted by atomic mass is 35.5. The fraction of sp³-hybridized carbons (Fsp3) is 0.120. The molecule has 178 valence electrons. The minimum Gasteiger partial charge on any atom is -0.493 e. The highest BCUT2D eigenvalue weighted by Gasteiger charge is 2.35. The number of amides is 2. The number of thioether (sulfide) groups is 1. The average Bonchev–Trinajstić information content (AvgIpc) is 3.11. The van der Waals surface area contributed by atoms with Crippen molar-refractivity contribution in [2.75, 3.05) is 7.11 Å². The molecule has 0 unspecified atom stereocenters. The number of rotatable bonds is 8. The molecule has 1 aliphatic heterocycles. The molecule has 1 heterocycles. The van der Waals surface area contributed by atoms with Crippen molar-refractivity contribution in [1.29, 1.82) is 0 Å². The molecule has 10 heteroatoms. The van der Waals surface area contributed by atoms with Crippen LogP contribution in [-0.2, 0) is 17.9 Å². The molecule has 1 aliphatic rings. The van der Waals surface area contributed by atoms with E-state index in [2.05, 4.69) is 0 Å². The molecule has 2 amide bonds. The summed E-state index contributed by atoms with van der Waals surface area (Å²) in [4.78, 5) is 37.0. The van der Waals surface area contributed by atoms with E-state index in [-0.39, 0.29) is 17.1 Å². The van der Waals surface area contributed by atoms with Crippen molar-refractivity contribution >= 4 is 46.3 Å². The molecule has 0 N–H and O–H groups in total. The summed E-state index contributed by atoms with van der Waals surface area (Å²) in [5, 5.41) is 11.1. The smallest absolute Gasteiger partial charge is 0.293 e. The van der Waals surface area contributed by atoms with Crippen LogP contribution in [0.1, 0.15) is 16.7 Å². The number of ether oxygens (including phenoxy) is 2. The Balaban J connectivity index is 1.46. The predicted octanol–water partition coefficient (Wildman–Crippen LogP) is 6.07. The fourth-order valence-electron chi connectivity index (χ4n) is 3.33. The molecule has 4 rings (SSSR count). The van der Waals surface area contributed by atoms with Crippen LogP contribution >= 0.6 is 23.4 Å². The third kappa shape index (κ3) is 5.82. The molecule has 3 aromatic rings. The van der Waals surface area contributed by atoms with E-state index in [1.54, 1.807) is 36.4 Å². The molecule has 0 atom stereocenters. The lowest BCUT2D eigenvalue weighted by molar-refractivity contribution is -0.384. The van der Waals surface area contributed by atoms with Gasteiger partial charge in [-0.2, -0.15) is 0 Å². The Bertz CT molecular complexity index is 1310. The number of non-ortho nitro benzene ring substituents is 1. The summed E-state index contributed by atoms with van der Waals surface area (Å²) in [7, 11) is 1.52. The van der Waals surface area contributed by atoms with E-state index in [1.807, 2.05) is 12.1 Å². The van der Waals surface area contributed by atoms with E-state index in [1.165, 1.54) is 31.4 Å². The third-order valence-corrected chi connectivity index (χ3v) is 6.31. The van der Waals surface area contributed by atoms with Gasteiger partial charge >= 0.3 is 0 Å². The Kier molecular flexibility index (Phi) is 7.38. The lowest BCUT2D eigenvalue weighted by atomic mass is 10.1. The topological polar surface area (TPSA) is 99.0 Å². The molecule has 1 fully saturated rings. The number of nitro groups is 1. The molecule has 35 heavy (non-hydrogen) atoms. The summed E-state index contributed by atoms with van der Waals surface area (Å²) >= 11 is 6.75. The third-order valence-electron chi connectivity index (χ3n) is 5.15. The number of benzene rings is 3. The van der Waals surface area contributed by atoms with Gasteiger partial charge in [-0.3, -0.25) is 24.6 Å². The summed E-state index contributed by atoms with van der Waals surface area (Å²) in [6, 6.07) is 18.3. The van der Waals surface area contributed by atoms with Crippen LogP contribution in [0.2, 0.25) is 5.02 Å². The van der Waals surface area contributed by atoms with Gasteiger partial charge in [0.05, 0.1) is 23.5 Å². The first-order valence-electron chi connectivity index (χ1n) is 10.4. The summed E-state index contributed by atoms with van der Waals surface area (Å²) in [5.41, 5.74) is 2.17. The van der Waals surface area contributed by atoms with E-state index in [4.69, 9.17) is 21.1 Å². The number of carbonyl (C=O) groups is 2. The van der Waals surface area contributed by atoms with Crippen molar-refractivity contribution in [3.63, 3.8) is 0 Å². The van der Waals surface area contributed by atoms with E-state index >= 15 is 0 Å². The maximum Gasteiger partial charge on any atom is 0.293 e. The number of nitrogens with zero attached hydrogens (tertiary/aromatic N) is 2. The highest BCUT2D eigenvalue weighted by molar-refractivity contribution is 8.18. The Labute approximate surface area is 210 Å². The molecule has 8 nitrogen and oxygen atoms in total. The van der Waals surface area contributed by atoms with Gasteiger partial charge in [-0.15, -0.1) is 0 Å². The number of nitro benzene ring substituents is 1. The first kappa shape index (κ1) is 24.3. The molecule has 0 bridgehead atoms. The second kappa shape index (κ2) is 10.6. The van der Waals surface area contributed by atoms with Gasteiger partial charge in [0.1, 0.15) is 6.61 Å². The number of halogens is 1. The Hall–Kier alpha value is -3.82. The lowest BCUT2D eigenvalue weighted by Gasteiger charge is -2.12. The van der Waals surface area contributed by atoms with Crippen LogP contribution in [0.4, 0.5) is 10.5 Å². The zero-order valence-electron chi connectivity index (χ0n) is 18.5. The summed E-state index contributed by atoms with van der Waals surface area (Å²) in [6.07, 6.45) is 1.62. The molecule has 0 aromatic heterocycles. The first-order chi connectivity index (χ1) is 16.8. The SMILES string of the molecule is COc1cc(/C=C2\SC(=O)N(Cc3ccc([N+](=O)[O-])cc3)C2=O)ccc1OCc1ccc(Cl)cc1. The highest BCUT2D eigenvalue weighted by Crippen LogP contribution is 2.35. The second-order valence-electron chi connectivity index (χ2n) is 7.52. The average molecular weight is 511 g/mol. The van der Waals surface area contributed by atoms with Gasteiger partial charge in [0.2, 0.25) is 0 Å². The van der Waals surface area contributed by atoms with Crippen molar-refractivity contribution in [3.05, 3.63) is 103 Å².